The van der Waals surface area contributed by atoms with Gasteiger partial charge in [0, 0.05) is 32.1 Å². The van der Waals surface area contributed by atoms with Gasteiger partial charge in [-0.3, -0.25) is 4.98 Å². The summed E-state index contributed by atoms with van der Waals surface area (Å²) in [5.41, 5.74) is 2.45. The third-order valence-electron chi connectivity index (χ3n) is 6.90. The number of carbonyl (C=O) groups is 1. The number of anilines is 2. The number of fused-ring (bicyclic) bond motifs is 1. The highest BCUT2D eigenvalue weighted by Crippen LogP contribution is 2.53. The summed E-state index contributed by atoms with van der Waals surface area (Å²) in [5, 5.41) is 9.56. The van der Waals surface area contributed by atoms with Crippen LogP contribution in [0.4, 0.5) is 20.7 Å². The molecule has 1 unspecified atom stereocenters. The first-order valence-electron chi connectivity index (χ1n) is 10.7. The van der Waals surface area contributed by atoms with Gasteiger partial charge in [0.05, 0.1) is 23.0 Å². The lowest BCUT2D eigenvalue weighted by Crippen LogP contribution is -2.59. The van der Waals surface area contributed by atoms with E-state index >= 15 is 4.39 Å². The van der Waals surface area contributed by atoms with E-state index in [2.05, 4.69) is 19.9 Å². The van der Waals surface area contributed by atoms with E-state index < -0.39 is 24.4 Å². The fraction of sp³-hybridized carbons (Fsp3) is 0.545. The predicted octanol–water partition coefficient (Wildman–Crippen LogP) is 3.51. The van der Waals surface area contributed by atoms with Crippen molar-refractivity contribution in [2.24, 2.45) is 5.41 Å². The number of ether oxygens (including phenoxy) is 1. The van der Waals surface area contributed by atoms with Crippen molar-refractivity contribution >= 4 is 17.6 Å². The molecule has 1 saturated carbocycles. The molecule has 1 amide bonds. The number of piperidine rings is 1. The number of aromatic nitrogens is 3. The maximum absolute atomic E-state index is 15.6. The second-order valence-electron chi connectivity index (χ2n) is 8.96. The zero-order valence-electron chi connectivity index (χ0n) is 17.7. The predicted molar refractivity (Wildman–Crippen MR) is 112 cm³/mol. The second-order valence-corrected chi connectivity index (χ2v) is 8.96. The number of carboxylic acid groups (broad SMARTS) is 1. The zero-order chi connectivity index (χ0) is 21.8. The molecule has 2 aromatic heterocycles. The van der Waals surface area contributed by atoms with Crippen molar-refractivity contribution < 1.29 is 19.0 Å². The van der Waals surface area contributed by atoms with Crippen LogP contribution >= 0.6 is 0 Å². The highest BCUT2D eigenvalue weighted by Gasteiger charge is 2.56. The average Bonchev–Trinajstić information content (AvgIpc) is 3.35. The van der Waals surface area contributed by atoms with E-state index in [9.17, 15) is 9.90 Å². The van der Waals surface area contributed by atoms with Crippen LogP contribution in [-0.2, 0) is 6.42 Å². The highest BCUT2D eigenvalue weighted by atomic mass is 19.1. The number of rotatable bonds is 4. The highest BCUT2D eigenvalue weighted by molar-refractivity contribution is 5.68. The Labute approximate surface area is 180 Å². The molecule has 1 aliphatic carbocycles. The van der Waals surface area contributed by atoms with Gasteiger partial charge in [-0.05, 0) is 37.3 Å². The summed E-state index contributed by atoms with van der Waals surface area (Å²) in [6.45, 7) is 4.84. The van der Waals surface area contributed by atoms with E-state index in [0.717, 1.165) is 48.6 Å². The number of halogens is 1. The lowest BCUT2D eigenvalue weighted by molar-refractivity contribution is -0.0390. The summed E-state index contributed by atoms with van der Waals surface area (Å²) in [4.78, 5) is 28.2. The minimum Gasteiger partial charge on any atom is -0.471 e. The van der Waals surface area contributed by atoms with Crippen molar-refractivity contribution in [3.63, 3.8) is 0 Å². The maximum atomic E-state index is 15.6. The van der Waals surface area contributed by atoms with Crippen LogP contribution in [0.2, 0.25) is 0 Å². The van der Waals surface area contributed by atoms with Crippen molar-refractivity contribution in [3.05, 3.63) is 35.9 Å². The zero-order valence-corrected chi connectivity index (χ0v) is 17.7. The number of amides is 1. The fourth-order valence-electron chi connectivity index (χ4n) is 4.92. The van der Waals surface area contributed by atoms with Crippen LogP contribution in [0, 0.1) is 12.3 Å². The SMILES string of the molecule is Cc1c(O[C@@H]2CCN(C(=O)O)C(C3(C)CC3)[C@@H]2F)ncnc1N1CCc2ncccc21. The molecule has 2 fully saturated rings. The molecule has 0 aromatic carbocycles. The van der Waals surface area contributed by atoms with E-state index in [1.807, 2.05) is 26.0 Å². The Morgan fingerprint density at radius 2 is 2.10 bits per heavy atom. The summed E-state index contributed by atoms with van der Waals surface area (Å²) in [6, 6.07) is 3.22. The number of likely N-dealkylation sites (tertiary alicyclic amines) is 1. The van der Waals surface area contributed by atoms with E-state index in [4.69, 9.17) is 4.74 Å². The van der Waals surface area contributed by atoms with Gasteiger partial charge in [0.1, 0.15) is 18.2 Å². The summed E-state index contributed by atoms with van der Waals surface area (Å²) in [7, 11) is 0. The Balaban J connectivity index is 1.40. The van der Waals surface area contributed by atoms with Crippen molar-refractivity contribution in [1.82, 2.24) is 19.9 Å². The maximum Gasteiger partial charge on any atom is 0.407 e. The van der Waals surface area contributed by atoms with Gasteiger partial charge in [0.15, 0.2) is 6.17 Å². The molecule has 5 rings (SSSR count). The van der Waals surface area contributed by atoms with E-state index in [-0.39, 0.29) is 18.4 Å². The molecule has 0 radical (unpaired) electrons. The number of alkyl halides is 1. The van der Waals surface area contributed by atoms with Crippen molar-refractivity contribution in [3.8, 4) is 5.88 Å². The van der Waals surface area contributed by atoms with Gasteiger partial charge in [-0.15, -0.1) is 0 Å². The topological polar surface area (TPSA) is 91.7 Å². The summed E-state index contributed by atoms with van der Waals surface area (Å²) >= 11 is 0. The minimum atomic E-state index is -1.41. The van der Waals surface area contributed by atoms with Crippen LogP contribution in [0.1, 0.15) is 37.4 Å². The number of hydrogen-bond donors (Lipinski definition) is 1. The standard InChI is InChI=1S/C22H26FN5O3/c1-13-19(27-10-5-14-15(27)4-3-9-24-14)25-12-26-20(13)31-16-6-11-28(21(29)30)18(17(16)23)22(2)7-8-22/h3-4,9,12,16-18H,5-8,10-11H2,1-2H3,(H,29,30)/t16-,17-,18?/m1/s1. The van der Waals surface area contributed by atoms with Gasteiger partial charge in [-0.25, -0.2) is 19.2 Å². The molecule has 9 heteroatoms. The quantitative estimate of drug-likeness (QED) is 0.798. The van der Waals surface area contributed by atoms with Crippen LogP contribution < -0.4 is 9.64 Å². The van der Waals surface area contributed by atoms with Gasteiger partial charge in [-0.2, -0.15) is 0 Å². The molecule has 1 N–H and O–H groups in total. The first-order chi connectivity index (χ1) is 14.9. The molecule has 0 bridgehead atoms. The van der Waals surface area contributed by atoms with E-state index in [0.29, 0.717) is 5.88 Å². The molecule has 3 aliphatic rings. The van der Waals surface area contributed by atoms with Crippen LogP contribution in [0.5, 0.6) is 5.88 Å². The number of nitrogens with zero attached hydrogens (tertiary/aromatic N) is 5. The molecule has 1 saturated heterocycles. The minimum absolute atomic E-state index is 0.253. The first kappa shape index (κ1) is 20.0. The normalized spacial score (nSPS) is 26.5. The smallest absolute Gasteiger partial charge is 0.407 e. The molecule has 8 nitrogen and oxygen atoms in total. The average molecular weight is 427 g/mol. The van der Waals surface area contributed by atoms with Crippen LogP contribution in [0.3, 0.4) is 0 Å². The first-order valence-corrected chi connectivity index (χ1v) is 10.7. The molecule has 2 aromatic rings. The molecule has 3 atom stereocenters. The lowest BCUT2D eigenvalue weighted by atomic mass is 9.86. The summed E-state index contributed by atoms with van der Waals surface area (Å²) in [5.74, 6) is 1.07. The van der Waals surface area contributed by atoms with Crippen molar-refractivity contribution in [2.45, 2.75) is 57.8 Å². The second kappa shape index (κ2) is 7.32. The van der Waals surface area contributed by atoms with Gasteiger partial charge in [0.2, 0.25) is 5.88 Å². The Hall–Kier alpha value is -2.97. The van der Waals surface area contributed by atoms with E-state index in [1.165, 1.54) is 11.2 Å². The Bertz CT molecular complexity index is 1010. The van der Waals surface area contributed by atoms with Gasteiger partial charge in [0.25, 0.3) is 0 Å². The molecular weight excluding hydrogens is 401 g/mol. The van der Waals surface area contributed by atoms with Crippen molar-refractivity contribution in [2.75, 3.05) is 18.0 Å². The molecular formula is C22H26FN5O3. The Morgan fingerprint density at radius 3 is 2.84 bits per heavy atom. The molecule has 31 heavy (non-hydrogen) atoms. The van der Waals surface area contributed by atoms with Gasteiger partial charge >= 0.3 is 6.09 Å². The molecule has 0 spiro atoms. The summed E-state index contributed by atoms with van der Waals surface area (Å²) in [6.07, 6.45) is 2.77. The van der Waals surface area contributed by atoms with Crippen LogP contribution in [0.25, 0.3) is 0 Å². The molecule has 4 heterocycles. The molecule has 164 valence electrons. The fourth-order valence-corrected chi connectivity index (χ4v) is 4.92. The third kappa shape index (κ3) is 3.36. The Kier molecular flexibility index (Phi) is 4.71. The lowest BCUT2D eigenvalue weighted by Gasteiger charge is -2.43. The van der Waals surface area contributed by atoms with Gasteiger partial charge < -0.3 is 19.6 Å². The van der Waals surface area contributed by atoms with E-state index in [1.54, 1.807) is 6.20 Å². The van der Waals surface area contributed by atoms with Crippen LogP contribution in [-0.4, -0.2) is 62.5 Å². The molecule has 2 aliphatic heterocycles. The number of pyridine rings is 1. The van der Waals surface area contributed by atoms with Gasteiger partial charge in [-0.1, -0.05) is 6.92 Å². The summed E-state index contributed by atoms with van der Waals surface area (Å²) < 4.78 is 21.7. The monoisotopic (exact) mass is 427 g/mol. The van der Waals surface area contributed by atoms with Crippen molar-refractivity contribution in [1.29, 1.82) is 0 Å². The Morgan fingerprint density at radius 1 is 1.29 bits per heavy atom. The van der Waals surface area contributed by atoms with Crippen LogP contribution in [0.15, 0.2) is 24.7 Å². The third-order valence-corrected chi connectivity index (χ3v) is 6.90. The largest absolute Gasteiger partial charge is 0.471 e. The number of hydrogen-bond acceptors (Lipinski definition) is 6.